The van der Waals surface area contributed by atoms with Gasteiger partial charge in [0.05, 0.1) is 6.54 Å². The summed E-state index contributed by atoms with van der Waals surface area (Å²) in [6.07, 6.45) is -3.69. The first-order valence-electron chi connectivity index (χ1n) is 6.57. The summed E-state index contributed by atoms with van der Waals surface area (Å²) >= 11 is 0. The Morgan fingerprint density at radius 3 is 2.48 bits per heavy atom. The van der Waals surface area contributed by atoms with Crippen LogP contribution in [0.25, 0.3) is 0 Å². The maximum absolute atomic E-state index is 12.4. The van der Waals surface area contributed by atoms with Crippen LogP contribution in [0.2, 0.25) is 0 Å². The third kappa shape index (κ3) is 5.33. The van der Waals surface area contributed by atoms with Gasteiger partial charge in [0, 0.05) is 6.54 Å². The zero-order valence-corrected chi connectivity index (χ0v) is 12.7. The highest BCUT2D eigenvalue weighted by Crippen LogP contribution is 2.23. The number of alkyl halides is 3. The highest BCUT2D eigenvalue weighted by molar-refractivity contribution is 7.89. The number of rotatable bonds is 8. The fraction of sp³-hybridized carbons (Fsp3) is 0.667. The van der Waals surface area contributed by atoms with E-state index in [4.69, 9.17) is 4.42 Å². The second kappa shape index (κ2) is 7.28. The van der Waals surface area contributed by atoms with Crippen molar-refractivity contribution in [2.24, 2.45) is 0 Å². The van der Waals surface area contributed by atoms with Gasteiger partial charge in [0.25, 0.3) is 10.0 Å². The van der Waals surface area contributed by atoms with E-state index in [1.807, 2.05) is 6.92 Å². The van der Waals surface area contributed by atoms with Crippen molar-refractivity contribution < 1.29 is 26.0 Å². The molecule has 9 heteroatoms. The second-order valence-corrected chi connectivity index (χ2v) is 6.31. The quantitative estimate of drug-likeness (QED) is 0.744. The predicted octanol–water partition coefficient (Wildman–Crippen LogP) is 2.35. The van der Waals surface area contributed by atoms with E-state index in [9.17, 15) is 21.6 Å². The van der Waals surface area contributed by atoms with Crippen molar-refractivity contribution in [3.8, 4) is 0 Å². The molecule has 0 aromatic carbocycles. The first-order valence-corrected chi connectivity index (χ1v) is 8.01. The topological polar surface area (TPSA) is 62.6 Å². The molecule has 0 bridgehead atoms. The molecule has 1 N–H and O–H groups in total. The molecule has 0 unspecified atom stereocenters. The van der Waals surface area contributed by atoms with Gasteiger partial charge >= 0.3 is 6.18 Å². The van der Waals surface area contributed by atoms with Crippen LogP contribution in [0.5, 0.6) is 0 Å². The minimum atomic E-state index is -4.60. The molecule has 1 heterocycles. The van der Waals surface area contributed by atoms with Gasteiger partial charge in [-0.25, -0.2) is 8.42 Å². The summed E-state index contributed by atoms with van der Waals surface area (Å²) in [6.45, 7) is 2.56. The predicted molar refractivity (Wildman–Crippen MR) is 71.2 cm³/mol. The average Bonchev–Trinajstić information content (AvgIpc) is 2.84. The van der Waals surface area contributed by atoms with Crippen molar-refractivity contribution in [2.75, 3.05) is 19.6 Å². The van der Waals surface area contributed by atoms with E-state index in [1.165, 1.54) is 19.1 Å². The van der Waals surface area contributed by atoms with E-state index < -0.39 is 27.8 Å². The van der Waals surface area contributed by atoms with Crippen molar-refractivity contribution in [3.63, 3.8) is 0 Å². The Labute approximate surface area is 122 Å². The Morgan fingerprint density at radius 1 is 1.29 bits per heavy atom. The van der Waals surface area contributed by atoms with Crippen LogP contribution >= 0.6 is 0 Å². The molecule has 21 heavy (non-hydrogen) atoms. The molecule has 1 aromatic rings. The lowest BCUT2D eigenvalue weighted by Crippen LogP contribution is -2.38. The number of nitrogens with one attached hydrogen (secondary N) is 1. The molecular weight excluding hydrogens is 309 g/mol. The lowest BCUT2D eigenvalue weighted by atomic mass is 10.4. The van der Waals surface area contributed by atoms with Gasteiger partial charge in [-0.05, 0) is 25.1 Å². The van der Waals surface area contributed by atoms with E-state index in [0.29, 0.717) is 16.6 Å². The van der Waals surface area contributed by atoms with Gasteiger partial charge in [0.15, 0.2) is 0 Å². The molecule has 0 fully saturated rings. The van der Waals surface area contributed by atoms with E-state index in [2.05, 4.69) is 5.32 Å². The van der Waals surface area contributed by atoms with Crippen LogP contribution < -0.4 is 5.32 Å². The van der Waals surface area contributed by atoms with Crippen LogP contribution in [0.4, 0.5) is 13.2 Å². The van der Waals surface area contributed by atoms with E-state index in [0.717, 1.165) is 13.0 Å². The summed E-state index contributed by atoms with van der Waals surface area (Å²) in [5, 5.41) is 2.54. The van der Waals surface area contributed by atoms with Crippen molar-refractivity contribution in [3.05, 3.63) is 17.9 Å². The third-order valence-electron chi connectivity index (χ3n) is 2.67. The summed E-state index contributed by atoms with van der Waals surface area (Å²) < 4.78 is 66.9. The van der Waals surface area contributed by atoms with Crippen LogP contribution in [0, 0.1) is 0 Å². The Bertz CT molecular complexity index is 540. The zero-order valence-electron chi connectivity index (χ0n) is 11.9. The molecule has 0 amide bonds. The molecule has 1 aromatic heterocycles. The second-order valence-electron chi connectivity index (χ2n) is 4.44. The molecule has 0 aliphatic heterocycles. The molecule has 0 spiro atoms. The summed E-state index contributed by atoms with van der Waals surface area (Å²) in [6, 6.07) is 2.62. The number of halogens is 3. The molecule has 1 rings (SSSR count). The van der Waals surface area contributed by atoms with Crippen LogP contribution in [-0.4, -0.2) is 38.5 Å². The van der Waals surface area contributed by atoms with Gasteiger partial charge in [-0.1, -0.05) is 13.8 Å². The molecule has 0 atom stereocenters. The normalized spacial score (nSPS) is 13.0. The first-order chi connectivity index (χ1) is 9.70. The number of hydrogen-bond acceptors (Lipinski definition) is 4. The van der Waals surface area contributed by atoms with Crippen molar-refractivity contribution in [1.82, 2.24) is 9.62 Å². The molecule has 0 aliphatic rings. The molecule has 122 valence electrons. The van der Waals surface area contributed by atoms with Gasteiger partial charge < -0.3 is 9.73 Å². The van der Waals surface area contributed by atoms with Crippen molar-refractivity contribution in [1.29, 1.82) is 0 Å². The largest absolute Gasteiger partial charge is 0.447 e. The van der Waals surface area contributed by atoms with Gasteiger partial charge in [-0.2, -0.15) is 17.5 Å². The minimum Gasteiger partial charge on any atom is -0.447 e. The molecular formula is C12H19F3N2O3S. The van der Waals surface area contributed by atoms with E-state index in [-0.39, 0.29) is 6.54 Å². The average molecular weight is 328 g/mol. The van der Waals surface area contributed by atoms with Crippen LogP contribution in [-0.2, 0) is 16.6 Å². The number of sulfonamides is 1. The number of hydrogen-bond donors (Lipinski definition) is 1. The van der Waals surface area contributed by atoms with Crippen molar-refractivity contribution in [2.45, 2.75) is 38.1 Å². The highest BCUT2D eigenvalue weighted by Gasteiger charge is 2.37. The standard InChI is InChI=1S/C12H19F3N2O3S/c1-3-7-16-8-10-5-6-11(20-10)21(18,19)17(4-2)9-12(13,14)15/h5-6,16H,3-4,7-9H2,1-2H3. The highest BCUT2D eigenvalue weighted by atomic mass is 32.2. The van der Waals surface area contributed by atoms with Gasteiger partial charge in [-0.3, -0.25) is 0 Å². The lowest BCUT2D eigenvalue weighted by Gasteiger charge is -2.20. The maximum atomic E-state index is 12.4. The minimum absolute atomic E-state index is 0.286. The molecule has 0 aliphatic carbocycles. The smallest absolute Gasteiger partial charge is 0.402 e. The Kier molecular flexibility index (Phi) is 6.24. The first kappa shape index (κ1) is 18.0. The number of nitrogens with zero attached hydrogens (tertiary/aromatic N) is 1. The Hall–Kier alpha value is -1.06. The van der Waals surface area contributed by atoms with E-state index in [1.54, 1.807) is 0 Å². The third-order valence-corrected chi connectivity index (χ3v) is 4.46. The van der Waals surface area contributed by atoms with Gasteiger partial charge in [-0.15, -0.1) is 0 Å². The summed E-state index contributed by atoms with van der Waals surface area (Å²) in [4.78, 5) is 0. The number of furan rings is 1. The maximum Gasteiger partial charge on any atom is 0.402 e. The molecule has 0 radical (unpaired) electrons. The lowest BCUT2D eigenvalue weighted by molar-refractivity contribution is -0.135. The van der Waals surface area contributed by atoms with Crippen LogP contribution in [0.1, 0.15) is 26.0 Å². The van der Waals surface area contributed by atoms with Gasteiger partial charge in [0.1, 0.15) is 12.3 Å². The monoisotopic (exact) mass is 328 g/mol. The Balaban J connectivity index is 2.86. The summed E-state index contributed by atoms with van der Waals surface area (Å²) in [7, 11) is -4.28. The molecule has 0 saturated heterocycles. The SMILES string of the molecule is CCCNCc1ccc(S(=O)(=O)N(CC)CC(F)(F)F)o1. The fourth-order valence-corrected chi connectivity index (χ4v) is 3.04. The Morgan fingerprint density at radius 2 is 1.95 bits per heavy atom. The summed E-state index contributed by atoms with van der Waals surface area (Å²) in [5.74, 6) is 0.366. The van der Waals surface area contributed by atoms with E-state index >= 15 is 0 Å². The zero-order chi connectivity index (χ0) is 16.1. The molecule has 5 nitrogen and oxygen atoms in total. The van der Waals surface area contributed by atoms with Crippen molar-refractivity contribution >= 4 is 10.0 Å². The van der Waals surface area contributed by atoms with Crippen LogP contribution in [0.3, 0.4) is 0 Å². The molecule has 0 saturated carbocycles. The summed E-state index contributed by atoms with van der Waals surface area (Å²) in [5.41, 5.74) is 0. The fourth-order valence-electron chi connectivity index (χ4n) is 1.67. The van der Waals surface area contributed by atoms with Crippen LogP contribution in [0.15, 0.2) is 21.6 Å². The van der Waals surface area contributed by atoms with Gasteiger partial charge in [0.2, 0.25) is 5.09 Å².